The minimum absolute atomic E-state index is 0.132. The number of aliphatic hydroxyl groups is 1. The van der Waals surface area contributed by atoms with Gasteiger partial charge < -0.3 is 10.8 Å². The van der Waals surface area contributed by atoms with Crippen LogP contribution < -0.4 is 5.73 Å². The summed E-state index contributed by atoms with van der Waals surface area (Å²) in [5.41, 5.74) is 7.98. The third kappa shape index (κ3) is 2.76. The van der Waals surface area contributed by atoms with Crippen molar-refractivity contribution in [3.8, 4) is 5.69 Å². The van der Waals surface area contributed by atoms with Gasteiger partial charge in [-0.25, -0.2) is 9.67 Å². The second-order valence-electron chi connectivity index (χ2n) is 5.98. The normalized spacial score (nSPS) is 24.9. The van der Waals surface area contributed by atoms with Crippen LogP contribution in [0.1, 0.15) is 42.9 Å². The number of rotatable bonds is 3. The highest BCUT2D eigenvalue weighted by atomic mass is 35.5. The maximum atomic E-state index is 9.95. The average Bonchev–Trinajstić information content (AvgIpc) is 3.03. The Labute approximate surface area is 135 Å². The summed E-state index contributed by atoms with van der Waals surface area (Å²) in [5.74, 6) is 1.82. The van der Waals surface area contributed by atoms with E-state index in [0.29, 0.717) is 11.4 Å². The molecule has 0 aliphatic heterocycles. The van der Waals surface area contributed by atoms with Crippen LogP contribution >= 0.6 is 11.6 Å². The van der Waals surface area contributed by atoms with E-state index in [4.69, 9.17) is 17.3 Å². The molecule has 22 heavy (non-hydrogen) atoms. The number of aryl methyl sites for hydroxylation is 2. The Morgan fingerprint density at radius 1 is 1.41 bits per heavy atom. The Balaban J connectivity index is 2.05. The van der Waals surface area contributed by atoms with Gasteiger partial charge >= 0.3 is 0 Å². The lowest BCUT2D eigenvalue weighted by Gasteiger charge is -2.13. The Morgan fingerprint density at radius 3 is 2.77 bits per heavy atom. The maximum Gasteiger partial charge on any atom is 0.151 e. The molecule has 0 spiro atoms. The monoisotopic (exact) mass is 320 g/mol. The number of aliphatic hydroxyl groups excluding tert-OH is 1. The molecule has 118 valence electrons. The summed E-state index contributed by atoms with van der Waals surface area (Å²) in [6, 6.07) is 5.55. The van der Waals surface area contributed by atoms with Gasteiger partial charge in [0.25, 0.3) is 0 Å². The van der Waals surface area contributed by atoms with Crippen molar-refractivity contribution in [1.29, 1.82) is 0 Å². The summed E-state index contributed by atoms with van der Waals surface area (Å²) in [6.07, 6.45) is 1.67. The van der Waals surface area contributed by atoms with Crippen LogP contribution in [0.2, 0.25) is 5.02 Å². The van der Waals surface area contributed by atoms with Crippen molar-refractivity contribution in [3.05, 3.63) is 40.4 Å². The zero-order chi connectivity index (χ0) is 15.9. The second-order valence-corrected chi connectivity index (χ2v) is 6.42. The van der Waals surface area contributed by atoms with E-state index in [0.717, 1.165) is 35.7 Å². The molecule has 3 atom stereocenters. The van der Waals surface area contributed by atoms with Gasteiger partial charge in [0, 0.05) is 23.4 Å². The van der Waals surface area contributed by atoms with Gasteiger partial charge in [-0.2, -0.15) is 5.10 Å². The molecule has 3 N–H and O–H groups in total. The van der Waals surface area contributed by atoms with E-state index in [1.165, 1.54) is 0 Å². The molecule has 0 unspecified atom stereocenters. The van der Waals surface area contributed by atoms with Crippen molar-refractivity contribution in [2.45, 2.75) is 51.2 Å². The predicted molar refractivity (Wildman–Crippen MR) is 86.4 cm³/mol. The van der Waals surface area contributed by atoms with Gasteiger partial charge in [0.05, 0.1) is 11.8 Å². The van der Waals surface area contributed by atoms with Gasteiger partial charge in [-0.3, -0.25) is 0 Å². The number of aromatic nitrogens is 3. The van der Waals surface area contributed by atoms with Gasteiger partial charge in [0.1, 0.15) is 5.82 Å². The van der Waals surface area contributed by atoms with Crippen LogP contribution in [0.3, 0.4) is 0 Å². The van der Waals surface area contributed by atoms with Gasteiger partial charge in [0.15, 0.2) is 5.82 Å². The highest BCUT2D eigenvalue weighted by molar-refractivity contribution is 6.30. The maximum absolute atomic E-state index is 9.95. The first-order chi connectivity index (χ1) is 10.5. The number of halogens is 1. The van der Waals surface area contributed by atoms with E-state index in [1.54, 1.807) is 0 Å². The molecule has 0 amide bonds. The summed E-state index contributed by atoms with van der Waals surface area (Å²) in [4.78, 5) is 4.67. The van der Waals surface area contributed by atoms with Crippen molar-refractivity contribution < 1.29 is 5.11 Å². The molecule has 2 aromatic rings. The van der Waals surface area contributed by atoms with Crippen LogP contribution in [0, 0.1) is 6.92 Å². The number of hydrogen-bond acceptors (Lipinski definition) is 4. The van der Waals surface area contributed by atoms with Gasteiger partial charge in [0.2, 0.25) is 0 Å². The van der Waals surface area contributed by atoms with Crippen LogP contribution in [0.5, 0.6) is 0 Å². The van der Waals surface area contributed by atoms with E-state index >= 15 is 0 Å². The minimum atomic E-state index is -0.466. The smallest absolute Gasteiger partial charge is 0.151 e. The van der Waals surface area contributed by atoms with Crippen molar-refractivity contribution in [2.24, 2.45) is 5.73 Å². The molecule has 0 radical (unpaired) electrons. The number of nitrogens with zero attached hydrogens (tertiary/aromatic N) is 3. The first-order valence-corrected chi connectivity index (χ1v) is 8.03. The molecule has 1 saturated carbocycles. The molecule has 5 nitrogen and oxygen atoms in total. The van der Waals surface area contributed by atoms with Crippen LogP contribution in [-0.4, -0.2) is 32.0 Å². The highest BCUT2D eigenvalue weighted by Gasteiger charge is 2.34. The molecule has 6 heteroatoms. The quantitative estimate of drug-likeness (QED) is 0.910. The molecule has 1 aliphatic rings. The lowest BCUT2D eigenvalue weighted by molar-refractivity contribution is 0.163. The summed E-state index contributed by atoms with van der Waals surface area (Å²) >= 11 is 6.05. The molecule has 1 heterocycles. The summed E-state index contributed by atoms with van der Waals surface area (Å²) in [5, 5.41) is 15.3. The third-order valence-electron chi connectivity index (χ3n) is 4.32. The fraction of sp³-hybridized carbons (Fsp3) is 0.500. The molecule has 1 fully saturated rings. The Morgan fingerprint density at radius 2 is 2.18 bits per heavy atom. The standard InChI is InChI=1S/C16H21ClN4O/c1-3-15-19-16(10-7-12(18)14(22)8-10)21(20-15)13-5-4-11(17)6-9(13)2/h4-6,10,12,14,22H,3,7-8,18H2,1-2H3/t10-,12+,14+/m0/s1. The van der Waals surface area contributed by atoms with Crippen molar-refractivity contribution in [3.63, 3.8) is 0 Å². The van der Waals surface area contributed by atoms with Gasteiger partial charge in [-0.15, -0.1) is 0 Å². The SMILES string of the molecule is CCc1nc([C@H]2C[C@@H](N)[C@H](O)C2)n(-c2ccc(Cl)cc2C)n1. The number of benzene rings is 1. The summed E-state index contributed by atoms with van der Waals surface area (Å²) in [6.45, 7) is 4.04. The molecular formula is C16H21ClN4O. The molecule has 0 saturated heterocycles. The van der Waals surface area contributed by atoms with E-state index in [1.807, 2.05) is 36.7 Å². The van der Waals surface area contributed by atoms with Gasteiger partial charge in [-0.1, -0.05) is 18.5 Å². The molecule has 1 aromatic heterocycles. The van der Waals surface area contributed by atoms with Crippen LogP contribution in [0.4, 0.5) is 0 Å². The van der Waals surface area contributed by atoms with E-state index in [9.17, 15) is 5.11 Å². The third-order valence-corrected chi connectivity index (χ3v) is 4.56. The lowest BCUT2D eigenvalue weighted by Crippen LogP contribution is -2.28. The zero-order valence-electron chi connectivity index (χ0n) is 12.8. The second kappa shape index (κ2) is 5.99. The van der Waals surface area contributed by atoms with Crippen LogP contribution in [0.25, 0.3) is 5.69 Å². The lowest BCUT2D eigenvalue weighted by atomic mass is 10.1. The van der Waals surface area contributed by atoms with E-state index < -0.39 is 6.10 Å². The topological polar surface area (TPSA) is 77.0 Å². The first-order valence-electron chi connectivity index (χ1n) is 7.65. The van der Waals surface area contributed by atoms with E-state index in [2.05, 4.69) is 10.1 Å². The van der Waals surface area contributed by atoms with E-state index in [-0.39, 0.29) is 12.0 Å². The molecular weight excluding hydrogens is 300 g/mol. The fourth-order valence-corrected chi connectivity index (χ4v) is 3.30. The fourth-order valence-electron chi connectivity index (χ4n) is 3.08. The molecule has 1 aliphatic carbocycles. The van der Waals surface area contributed by atoms with Gasteiger partial charge in [-0.05, 0) is 43.5 Å². The first kappa shape index (κ1) is 15.5. The van der Waals surface area contributed by atoms with Crippen molar-refractivity contribution in [2.75, 3.05) is 0 Å². The average molecular weight is 321 g/mol. The number of hydrogen-bond donors (Lipinski definition) is 2. The largest absolute Gasteiger partial charge is 0.391 e. The predicted octanol–water partition coefficient (Wildman–Crippen LogP) is 2.36. The Hall–Kier alpha value is -1.43. The highest BCUT2D eigenvalue weighted by Crippen LogP contribution is 2.34. The molecule has 0 bridgehead atoms. The van der Waals surface area contributed by atoms with Crippen LogP contribution in [-0.2, 0) is 6.42 Å². The zero-order valence-corrected chi connectivity index (χ0v) is 13.6. The van der Waals surface area contributed by atoms with Crippen molar-refractivity contribution >= 4 is 11.6 Å². The summed E-state index contributed by atoms with van der Waals surface area (Å²) in [7, 11) is 0. The molecule has 1 aromatic carbocycles. The minimum Gasteiger partial charge on any atom is -0.391 e. The van der Waals surface area contributed by atoms with Crippen molar-refractivity contribution in [1.82, 2.24) is 14.8 Å². The number of nitrogens with two attached hydrogens (primary N) is 1. The Bertz CT molecular complexity index is 675. The Kier molecular flexibility index (Phi) is 4.21. The van der Waals surface area contributed by atoms with Crippen LogP contribution in [0.15, 0.2) is 18.2 Å². The molecule has 3 rings (SSSR count). The summed E-state index contributed by atoms with van der Waals surface area (Å²) < 4.78 is 1.89.